The Morgan fingerprint density at radius 1 is 1.44 bits per heavy atom. The highest BCUT2D eigenvalue weighted by Gasteiger charge is 2.34. The Hall–Kier alpha value is -1.35. The van der Waals surface area contributed by atoms with Crippen molar-refractivity contribution in [3.8, 4) is 6.07 Å². The topological polar surface area (TPSA) is 87.2 Å². The van der Waals surface area contributed by atoms with Gasteiger partial charge in [0.25, 0.3) is 5.69 Å². The van der Waals surface area contributed by atoms with E-state index >= 15 is 0 Å². The summed E-state index contributed by atoms with van der Waals surface area (Å²) in [5.74, 6) is 0. The molecule has 1 atom stereocenters. The van der Waals surface area contributed by atoms with Crippen molar-refractivity contribution in [3.63, 3.8) is 0 Å². The molecule has 1 unspecified atom stereocenters. The van der Waals surface area contributed by atoms with Crippen LogP contribution in [0, 0.1) is 21.4 Å². The van der Waals surface area contributed by atoms with Gasteiger partial charge in [-0.2, -0.15) is 5.26 Å². The minimum Gasteiger partial charge on any atom is -0.384 e. The Bertz CT molecular complexity index is 439. The summed E-state index contributed by atoms with van der Waals surface area (Å²) in [4.78, 5) is 9.80. The van der Waals surface area contributed by atoms with Gasteiger partial charge in [0.1, 0.15) is 12.2 Å². The summed E-state index contributed by atoms with van der Waals surface area (Å²) >= 11 is 11.1. The lowest BCUT2D eigenvalue weighted by molar-refractivity contribution is -0.384. The molecule has 0 saturated heterocycles. The zero-order chi connectivity index (χ0) is 12.3. The van der Waals surface area contributed by atoms with Gasteiger partial charge in [-0.3, -0.25) is 10.1 Å². The van der Waals surface area contributed by atoms with Gasteiger partial charge in [-0.05, 0) is 17.7 Å². The Balaban J connectivity index is 3.00. The number of rotatable bonds is 3. The van der Waals surface area contributed by atoms with E-state index in [1.54, 1.807) is 0 Å². The molecule has 0 amide bonds. The van der Waals surface area contributed by atoms with E-state index < -0.39 is 15.4 Å². The SMILES string of the molecule is N#CC(Cl)(Cl)C(O)c1ccc([N+](=O)[O-])cc1. The monoisotopic (exact) mass is 260 g/mol. The summed E-state index contributed by atoms with van der Waals surface area (Å²) in [6.45, 7) is 0. The molecule has 5 nitrogen and oxygen atoms in total. The molecule has 1 aromatic carbocycles. The van der Waals surface area contributed by atoms with Crippen LogP contribution in [0.15, 0.2) is 24.3 Å². The van der Waals surface area contributed by atoms with Crippen molar-refractivity contribution in [3.05, 3.63) is 39.9 Å². The van der Waals surface area contributed by atoms with Crippen LogP contribution in [0.2, 0.25) is 0 Å². The first-order chi connectivity index (χ1) is 7.38. The molecule has 84 valence electrons. The number of nitro groups is 1. The lowest BCUT2D eigenvalue weighted by Gasteiger charge is -2.18. The van der Waals surface area contributed by atoms with E-state index in [0.29, 0.717) is 0 Å². The summed E-state index contributed by atoms with van der Waals surface area (Å²) in [6.07, 6.45) is -1.43. The van der Waals surface area contributed by atoms with Gasteiger partial charge >= 0.3 is 0 Å². The quantitative estimate of drug-likeness (QED) is 0.513. The predicted octanol–water partition coefficient (Wildman–Crippen LogP) is 2.33. The van der Waals surface area contributed by atoms with E-state index in [1.165, 1.54) is 30.3 Å². The molecule has 1 N–H and O–H groups in total. The molecule has 0 aromatic heterocycles. The van der Waals surface area contributed by atoms with Crippen LogP contribution in [0.1, 0.15) is 11.7 Å². The van der Waals surface area contributed by atoms with Gasteiger partial charge in [0, 0.05) is 12.1 Å². The number of nitriles is 1. The largest absolute Gasteiger partial charge is 0.384 e. The number of nitro benzene ring substituents is 1. The Kier molecular flexibility index (Phi) is 3.70. The number of non-ortho nitro benzene ring substituents is 1. The Labute approximate surface area is 101 Å². The summed E-state index contributed by atoms with van der Waals surface area (Å²) < 4.78 is -1.98. The van der Waals surface area contributed by atoms with Gasteiger partial charge in [0.05, 0.1) is 4.92 Å². The molecule has 0 spiro atoms. The number of hydrogen-bond donors (Lipinski definition) is 1. The third-order valence-corrected chi connectivity index (χ3v) is 2.49. The van der Waals surface area contributed by atoms with E-state index in [0.717, 1.165) is 0 Å². The fourth-order valence-corrected chi connectivity index (χ4v) is 1.30. The highest BCUT2D eigenvalue weighted by molar-refractivity contribution is 6.50. The number of halogens is 2. The zero-order valence-electron chi connectivity index (χ0n) is 7.80. The van der Waals surface area contributed by atoms with Crippen LogP contribution in [-0.2, 0) is 0 Å². The molecule has 0 fully saturated rings. The van der Waals surface area contributed by atoms with Crippen LogP contribution in [0.5, 0.6) is 0 Å². The number of alkyl halides is 2. The molecular formula is C9H6Cl2N2O3. The normalized spacial score (nSPS) is 12.9. The molecule has 1 aromatic rings. The lowest BCUT2D eigenvalue weighted by Crippen LogP contribution is -2.21. The second-order valence-electron chi connectivity index (χ2n) is 2.99. The number of benzene rings is 1. The highest BCUT2D eigenvalue weighted by Crippen LogP contribution is 2.35. The van der Waals surface area contributed by atoms with Crippen LogP contribution >= 0.6 is 23.2 Å². The highest BCUT2D eigenvalue weighted by atomic mass is 35.5. The van der Waals surface area contributed by atoms with E-state index in [1.807, 2.05) is 0 Å². The van der Waals surface area contributed by atoms with E-state index in [9.17, 15) is 15.2 Å². The fourth-order valence-electron chi connectivity index (χ4n) is 1.05. The van der Waals surface area contributed by atoms with Crippen LogP contribution in [0.4, 0.5) is 5.69 Å². The third-order valence-electron chi connectivity index (χ3n) is 1.91. The minimum absolute atomic E-state index is 0.123. The summed E-state index contributed by atoms with van der Waals surface area (Å²) in [5.41, 5.74) is 0.111. The summed E-state index contributed by atoms with van der Waals surface area (Å²) in [6, 6.07) is 6.50. The van der Waals surface area contributed by atoms with Gasteiger partial charge in [0.15, 0.2) is 0 Å². The maximum absolute atomic E-state index is 10.4. The van der Waals surface area contributed by atoms with E-state index in [-0.39, 0.29) is 11.3 Å². The molecular weight excluding hydrogens is 255 g/mol. The van der Waals surface area contributed by atoms with Crippen molar-refractivity contribution in [1.82, 2.24) is 0 Å². The van der Waals surface area contributed by atoms with Crippen LogP contribution in [0.3, 0.4) is 0 Å². The Morgan fingerprint density at radius 3 is 2.31 bits per heavy atom. The molecule has 0 aliphatic carbocycles. The second kappa shape index (κ2) is 4.66. The van der Waals surface area contributed by atoms with Crippen LogP contribution in [-0.4, -0.2) is 14.4 Å². The molecule has 0 aliphatic heterocycles. The smallest absolute Gasteiger partial charge is 0.269 e. The number of hydrogen-bond acceptors (Lipinski definition) is 4. The van der Waals surface area contributed by atoms with Crippen molar-refractivity contribution in [2.45, 2.75) is 10.4 Å². The maximum Gasteiger partial charge on any atom is 0.269 e. The second-order valence-corrected chi connectivity index (χ2v) is 4.37. The number of nitrogens with zero attached hydrogens (tertiary/aromatic N) is 2. The Morgan fingerprint density at radius 2 is 1.94 bits per heavy atom. The van der Waals surface area contributed by atoms with Gasteiger partial charge in [0.2, 0.25) is 4.33 Å². The first-order valence-electron chi connectivity index (χ1n) is 4.10. The first-order valence-corrected chi connectivity index (χ1v) is 4.85. The molecule has 1 rings (SSSR count). The van der Waals surface area contributed by atoms with Crippen molar-refractivity contribution in [2.24, 2.45) is 0 Å². The molecule has 0 bridgehead atoms. The molecule has 16 heavy (non-hydrogen) atoms. The van der Waals surface area contributed by atoms with E-state index in [2.05, 4.69) is 0 Å². The van der Waals surface area contributed by atoms with Crippen molar-refractivity contribution >= 4 is 28.9 Å². The van der Waals surface area contributed by atoms with Gasteiger partial charge in [-0.25, -0.2) is 0 Å². The number of aliphatic hydroxyl groups is 1. The average molecular weight is 261 g/mol. The molecule has 0 radical (unpaired) electrons. The van der Waals surface area contributed by atoms with Gasteiger partial charge in [-0.15, -0.1) is 0 Å². The first kappa shape index (κ1) is 12.7. The van der Waals surface area contributed by atoms with Crippen LogP contribution < -0.4 is 0 Å². The third kappa shape index (κ3) is 2.61. The average Bonchev–Trinajstić information content (AvgIpc) is 2.28. The minimum atomic E-state index is -1.98. The zero-order valence-corrected chi connectivity index (χ0v) is 9.31. The van der Waals surface area contributed by atoms with Gasteiger partial charge in [-0.1, -0.05) is 23.2 Å². The molecule has 0 saturated carbocycles. The van der Waals surface area contributed by atoms with Crippen molar-refractivity contribution < 1.29 is 10.0 Å². The fraction of sp³-hybridized carbons (Fsp3) is 0.222. The molecule has 7 heteroatoms. The number of aliphatic hydroxyl groups excluding tert-OH is 1. The van der Waals surface area contributed by atoms with Crippen LogP contribution in [0.25, 0.3) is 0 Å². The predicted molar refractivity (Wildman–Crippen MR) is 58.1 cm³/mol. The van der Waals surface area contributed by atoms with Gasteiger partial charge < -0.3 is 5.11 Å². The standard InChI is InChI=1S/C9H6Cl2N2O3/c10-9(11,5-12)8(14)6-1-3-7(4-2-6)13(15)16/h1-4,8,14H. The molecule has 0 aliphatic rings. The lowest BCUT2D eigenvalue weighted by atomic mass is 10.1. The summed E-state index contributed by atoms with van der Waals surface area (Å²) in [7, 11) is 0. The summed E-state index contributed by atoms with van der Waals surface area (Å²) in [5, 5.41) is 28.6. The molecule has 0 heterocycles. The van der Waals surface area contributed by atoms with Crippen molar-refractivity contribution in [2.75, 3.05) is 0 Å². The maximum atomic E-state index is 10.4. The van der Waals surface area contributed by atoms with Crippen molar-refractivity contribution in [1.29, 1.82) is 5.26 Å². The van der Waals surface area contributed by atoms with E-state index in [4.69, 9.17) is 28.5 Å².